The minimum atomic E-state index is 0.315. The number of hydrogen-bond acceptors (Lipinski definition) is 3. The highest BCUT2D eigenvalue weighted by Gasteiger charge is 2.12. The Morgan fingerprint density at radius 3 is 2.88 bits per heavy atom. The molecule has 3 rings (SSSR count). The van der Waals surface area contributed by atoms with Gasteiger partial charge in [-0.3, -0.25) is 4.90 Å². The first kappa shape index (κ1) is 10.6. The molecule has 1 fully saturated rings. The molecular weight excluding hydrogens is 216 g/mol. The zero-order chi connectivity index (χ0) is 11.7. The van der Waals surface area contributed by atoms with Crippen LogP contribution in [0.5, 0.6) is 5.75 Å². The molecule has 1 aromatic carbocycles. The fourth-order valence-corrected chi connectivity index (χ4v) is 2.28. The van der Waals surface area contributed by atoms with Crippen molar-refractivity contribution in [2.45, 2.75) is 6.54 Å². The molecule has 17 heavy (non-hydrogen) atoms. The summed E-state index contributed by atoms with van der Waals surface area (Å²) < 4.78 is 5.32. The van der Waals surface area contributed by atoms with E-state index in [1.54, 1.807) is 6.07 Å². The van der Waals surface area contributed by atoms with E-state index in [1.165, 1.54) is 0 Å². The molecule has 2 heterocycles. The number of ether oxygens (including phenoxy) is 1. The second-order valence-electron chi connectivity index (χ2n) is 4.42. The third-order valence-corrected chi connectivity index (χ3v) is 3.19. The van der Waals surface area contributed by atoms with Gasteiger partial charge in [0.2, 0.25) is 0 Å². The van der Waals surface area contributed by atoms with Crippen molar-refractivity contribution in [1.29, 1.82) is 0 Å². The van der Waals surface area contributed by atoms with E-state index in [2.05, 4.69) is 16.0 Å². The standard InChI is InChI=1S/C13H16N2O2/c16-12-3-1-2-10-8-11(14-13(10)12)9-15-4-6-17-7-5-15/h1-3,8,14,16H,4-7,9H2. The third-order valence-electron chi connectivity index (χ3n) is 3.19. The van der Waals surface area contributed by atoms with Crippen LogP contribution in [-0.2, 0) is 11.3 Å². The van der Waals surface area contributed by atoms with Crippen molar-refractivity contribution in [3.8, 4) is 5.75 Å². The molecule has 0 bridgehead atoms. The molecule has 90 valence electrons. The van der Waals surface area contributed by atoms with Gasteiger partial charge in [-0.05, 0) is 12.1 Å². The molecule has 2 aromatic rings. The molecule has 0 radical (unpaired) electrons. The van der Waals surface area contributed by atoms with Crippen LogP contribution in [0.25, 0.3) is 10.9 Å². The van der Waals surface area contributed by atoms with Gasteiger partial charge in [-0.15, -0.1) is 0 Å². The van der Waals surface area contributed by atoms with Gasteiger partial charge >= 0.3 is 0 Å². The van der Waals surface area contributed by atoms with Crippen LogP contribution in [0.4, 0.5) is 0 Å². The predicted octanol–water partition coefficient (Wildman–Crippen LogP) is 1.71. The Morgan fingerprint density at radius 2 is 2.12 bits per heavy atom. The number of aromatic hydroxyl groups is 1. The lowest BCUT2D eigenvalue weighted by Crippen LogP contribution is -2.35. The first-order valence-electron chi connectivity index (χ1n) is 5.92. The summed E-state index contributed by atoms with van der Waals surface area (Å²) in [5, 5.41) is 10.8. The molecule has 1 saturated heterocycles. The highest BCUT2D eigenvalue weighted by Crippen LogP contribution is 2.24. The largest absolute Gasteiger partial charge is 0.506 e. The van der Waals surface area contributed by atoms with Gasteiger partial charge in [-0.2, -0.15) is 0 Å². The Balaban J connectivity index is 1.83. The molecule has 0 atom stereocenters. The number of hydrogen-bond donors (Lipinski definition) is 2. The quantitative estimate of drug-likeness (QED) is 0.828. The molecule has 1 aliphatic heterocycles. The van der Waals surface area contributed by atoms with Crippen molar-refractivity contribution in [3.05, 3.63) is 30.0 Å². The summed E-state index contributed by atoms with van der Waals surface area (Å²) in [7, 11) is 0. The summed E-state index contributed by atoms with van der Waals surface area (Å²) in [6, 6.07) is 7.68. The van der Waals surface area contributed by atoms with E-state index >= 15 is 0 Å². The van der Waals surface area contributed by atoms with E-state index in [0.29, 0.717) is 5.75 Å². The van der Waals surface area contributed by atoms with Crippen molar-refractivity contribution in [2.75, 3.05) is 26.3 Å². The molecule has 0 amide bonds. The smallest absolute Gasteiger partial charge is 0.139 e. The van der Waals surface area contributed by atoms with E-state index in [1.807, 2.05) is 12.1 Å². The first-order valence-corrected chi connectivity index (χ1v) is 5.92. The Morgan fingerprint density at radius 1 is 1.29 bits per heavy atom. The monoisotopic (exact) mass is 232 g/mol. The van der Waals surface area contributed by atoms with Gasteiger partial charge in [-0.25, -0.2) is 0 Å². The number of phenolic OH excluding ortho intramolecular Hbond substituents is 1. The zero-order valence-electron chi connectivity index (χ0n) is 9.65. The molecule has 0 unspecified atom stereocenters. The van der Waals surface area contributed by atoms with Gasteiger partial charge < -0.3 is 14.8 Å². The summed E-state index contributed by atoms with van der Waals surface area (Å²) in [5.74, 6) is 0.315. The van der Waals surface area contributed by atoms with Crippen LogP contribution in [0.15, 0.2) is 24.3 Å². The Labute approximate surface area is 99.8 Å². The number of benzene rings is 1. The number of H-pyrrole nitrogens is 1. The normalized spacial score (nSPS) is 17.6. The number of para-hydroxylation sites is 1. The van der Waals surface area contributed by atoms with Crippen molar-refractivity contribution >= 4 is 10.9 Å². The van der Waals surface area contributed by atoms with Gasteiger partial charge in [0.15, 0.2) is 0 Å². The van der Waals surface area contributed by atoms with E-state index in [4.69, 9.17) is 4.74 Å². The number of nitrogens with zero attached hydrogens (tertiary/aromatic N) is 1. The number of aromatic amines is 1. The van der Waals surface area contributed by atoms with Crippen LogP contribution in [0.2, 0.25) is 0 Å². The van der Waals surface area contributed by atoms with Gasteiger partial charge in [0.1, 0.15) is 5.75 Å². The lowest BCUT2D eigenvalue weighted by Gasteiger charge is -2.25. The van der Waals surface area contributed by atoms with Crippen molar-refractivity contribution < 1.29 is 9.84 Å². The number of fused-ring (bicyclic) bond motifs is 1. The van der Waals surface area contributed by atoms with E-state index in [0.717, 1.165) is 49.4 Å². The van der Waals surface area contributed by atoms with Crippen LogP contribution < -0.4 is 0 Å². The number of aromatic nitrogens is 1. The highest BCUT2D eigenvalue weighted by atomic mass is 16.5. The Kier molecular flexibility index (Phi) is 2.74. The average Bonchev–Trinajstić information content (AvgIpc) is 2.74. The van der Waals surface area contributed by atoms with Crippen LogP contribution >= 0.6 is 0 Å². The molecule has 0 aliphatic carbocycles. The maximum absolute atomic E-state index is 9.73. The fourth-order valence-electron chi connectivity index (χ4n) is 2.28. The zero-order valence-corrected chi connectivity index (χ0v) is 9.65. The van der Waals surface area contributed by atoms with Crippen molar-refractivity contribution in [2.24, 2.45) is 0 Å². The molecule has 0 spiro atoms. The minimum Gasteiger partial charge on any atom is -0.506 e. The lowest BCUT2D eigenvalue weighted by molar-refractivity contribution is 0.0337. The van der Waals surface area contributed by atoms with Crippen LogP contribution in [0.1, 0.15) is 5.69 Å². The second-order valence-corrected chi connectivity index (χ2v) is 4.42. The number of rotatable bonds is 2. The Hall–Kier alpha value is -1.52. The molecule has 1 aliphatic rings. The molecular formula is C13H16N2O2. The van der Waals surface area contributed by atoms with Gasteiger partial charge in [0.05, 0.1) is 18.7 Å². The molecule has 1 aromatic heterocycles. The average molecular weight is 232 g/mol. The van der Waals surface area contributed by atoms with Crippen LogP contribution in [-0.4, -0.2) is 41.3 Å². The van der Waals surface area contributed by atoms with Crippen molar-refractivity contribution in [3.63, 3.8) is 0 Å². The Bertz CT molecular complexity index is 515. The number of morpholine rings is 1. The second kappa shape index (κ2) is 4.39. The first-order chi connectivity index (χ1) is 8.33. The van der Waals surface area contributed by atoms with Gasteiger partial charge in [0.25, 0.3) is 0 Å². The molecule has 0 saturated carbocycles. The minimum absolute atomic E-state index is 0.315. The van der Waals surface area contributed by atoms with Gasteiger partial charge in [-0.1, -0.05) is 12.1 Å². The third kappa shape index (κ3) is 2.14. The summed E-state index contributed by atoms with van der Waals surface area (Å²) in [6.45, 7) is 4.46. The van der Waals surface area contributed by atoms with E-state index in [9.17, 15) is 5.11 Å². The topological polar surface area (TPSA) is 48.5 Å². The van der Waals surface area contributed by atoms with E-state index < -0.39 is 0 Å². The number of phenols is 1. The molecule has 4 heteroatoms. The molecule has 2 N–H and O–H groups in total. The summed E-state index contributed by atoms with van der Waals surface area (Å²) >= 11 is 0. The predicted molar refractivity (Wildman–Crippen MR) is 66.1 cm³/mol. The van der Waals surface area contributed by atoms with Crippen molar-refractivity contribution in [1.82, 2.24) is 9.88 Å². The summed E-state index contributed by atoms with van der Waals surface area (Å²) in [4.78, 5) is 5.63. The summed E-state index contributed by atoms with van der Waals surface area (Å²) in [6.07, 6.45) is 0. The fraction of sp³-hybridized carbons (Fsp3) is 0.385. The maximum Gasteiger partial charge on any atom is 0.139 e. The highest BCUT2D eigenvalue weighted by molar-refractivity contribution is 5.85. The molecule has 4 nitrogen and oxygen atoms in total. The SMILES string of the molecule is Oc1cccc2cc(CN3CCOCC3)[nH]c12. The van der Waals surface area contributed by atoms with Crippen LogP contribution in [0.3, 0.4) is 0 Å². The summed E-state index contributed by atoms with van der Waals surface area (Å²) in [5.41, 5.74) is 1.97. The van der Waals surface area contributed by atoms with E-state index in [-0.39, 0.29) is 0 Å². The lowest BCUT2D eigenvalue weighted by atomic mass is 10.2. The number of nitrogens with one attached hydrogen (secondary N) is 1. The van der Waals surface area contributed by atoms with Gasteiger partial charge in [0, 0.05) is 30.7 Å². The maximum atomic E-state index is 9.73. The van der Waals surface area contributed by atoms with Crippen LogP contribution in [0, 0.1) is 0 Å².